The van der Waals surface area contributed by atoms with E-state index in [1.54, 1.807) is 10.6 Å². The Morgan fingerprint density at radius 1 is 1.00 bits per heavy atom. The predicted molar refractivity (Wildman–Crippen MR) is 95.2 cm³/mol. The topological polar surface area (TPSA) is 47.2 Å². The third kappa shape index (κ3) is 2.46. The maximum Gasteiger partial charge on any atom is 0.258 e. The van der Waals surface area contributed by atoms with Crippen molar-refractivity contribution in [2.45, 2.75) is 13.3 Å². The highest BCUT2D eigenvalue weighted by Crippen LogP contribution is 2.21. The van der Waals surface area contributed by atoms with E-state index in [9.17, 15) is 4.79 Å². The Morgan fingerprint density at radius 2 is 1.75 bits per heavy atom. The molecular weight excluding hydrogens is 298 g/mol. The van der Waals surface area contributed by atoms with Crippen LogP contribution in [0.2, 0.25) is 0 Å². The van der Waals surface area contributed by atoms with Crippen LogP contribution in [0.5, 0.6) is 0 Å². The highest BCUT2D eigenvalue weighted by atomic mass is 16.1. The Balaban J connectivity index is 2.01. The van der Waals surface area contributed by atoms with Gasteiger partial charge in [-0.3, -0.25) is 14.4 Å². The molecule has 118 valence electrons. The van der Waals surface area contributed by atoms with Gasteiger partial charge in [-0.15, -0.1) is 0 Å². The van der Waals surface area contributed by atoms with Gasteiger partial charge >= 0.3 is 0 Å². The van der Waals surface area contributed by atoms with Crippen LogP contribution in [0.15, 0.2) is 70.5 Å². The number of rotatable bonds is 1. The number of hydrogen-bond donors (Lipinski definition) is 0. The van der Waals surface area contributed by atoms with E-state index in [4.69, 9.17) is 4.99 Å². The molecular formula is C20H17N3O. The summed E-state index contributed by atoms with van der Waals surface area (Å²) >= 11 is 0. The average Bonchev–Trinajstić information content (AvgIpc) is 2.58. The maximum atomic E-state index is 12.6. The summed E-state index contributed by atoms with van der Waals surface area (Å²) in [6.07, 6.45) is 0.640. The van der Waals surface area contributed by atoms with Gasteiger partial charge < -0.3 is 0 Å². The molecule has 0 N–H and O–H groups in total. The fraction of sp³-hybridized carbons (Fsp3) is 0.150. The molecule has 0 atom stereocenters. The van der Waals surface area contributed by atoms with E-state index < -0.39 is 0 Å². The number of benzene rings is 2. The van der Waals surface area contributed by atoms with Gasteiger partial charge in [-0.25, -0.2) is 4.98 Å². The first-order valence-electron chi connectivity index (χ1n) is 8.03. The van der Waals surface area contributed by atoms with E-state index in [0.29, 0.717) is 13.0 Å². The fourth-order valence-electron chi connectivity index (χ4n) is 3.15. The van der Waals surface area contributed by atoms with Crippen molar-refractivity contribution in [3.63, 3.8) is 0 Å². The number of fused-ring (bicyclic) bond motifs is 3. The van der Waals surface area contributed by atoms with E-state index in [1.807, 2.05) is 61.5 Å². The second kappa shape index (κ2) is 5.89. The first-order valence-corrected chi connectivity index (χ1v) is 8.03. The number of aliphatic imine (C=N–C) groups is 1. The van der Waals surface area contributed by atoms with Crippen molar-refractivity contribution in [1.29, 1.82) is 0 Å². The largest absolute Gasteiger partial charge is 0.284 e. The number of hydrogen-bond acceptors (Lipinski definition) is 3. The van der Waals surface area contributed by atoms with Crippen LogP contribution in [-0.4, -0.2) is 21.8 Å². The SMILES string of the molecule is Cc1cc(=O)n2c(n1)CC/N=C(/c1ccccc1)c1ccccc1-2. The third-order valence-electron chi connectivity index (χ3n) is 4.17. The van der Waals surface area contributed by atoms with E-state index in [2.05, 4.69) is 4.98 Å². The lowest BCUT2D eigenvalue weighted by Gasteiger charge is -2.20. The minimum absolute atomic E-state index is 0.0424. The summed E-state index contributed by atoms with van der Waals surface area (Å²) in [6.45, 7) is 2.46. The lowest BCUT2D eigenvalue weighted by atomic mass is 9.99. The molecule has 2 aromatic carbocycles. The lowest BCUT2D eigenvalue weighted by molar-refractivity contribution is 0.765. The zero-order chi connectivity index (χ0) is 16.5. The van der Waals surface area contributed by atoms with E-state index in [0.717, 1.165) is 34.0 Å². The zero-order valence-electron chi connectivity index (χ0n) is 13.4. The van der Waals surface area contributed by atoms with Gasteiger partial charge in [-0.2, -0.15) is 0 Å². The summed E-state index contributed by atoms with van der Waals surface area (Å²) in [5.74, 6) is 0.767. The van der Waals surface area contributed by atoms with Gasteiger partial charge in [0, 0.05) is 35.9 Å². The number of para-hydroxylation sites is 1. The summed E-state index contributed by atoms with van der Waals surface area (Å²) in [5.41, 5.74) is 4.48. The molecule has 0 unspecified atom stereocenters. The summed E-state index contributed by atoms with van der Waals surface area (Å²) in [5, 5.41) is 0. The second-order valence-corrected chi connectivity index (χ2v) is 5.85. The molecule has 1 aliphatic rings. The van der Waals surface area contributed by atoms with Gasteiger partial charge in [-0.05, 0) is 13.0 Å². The Labute approximate surface area is 140 Å². The molecule has 4 rings (SSSR count). The molecule has 3 aromatic rings. The smallest absolute Gasteiger partial charge is 0.258 e. The summed E-state index contributed by atoms with van der Waals surface area (Å²) in [6, 6.07) is 19.6. The second-order valence-electron chi connectivity index (χ2n) is 5.85. The normalized spacial score (nSPS) is 15.5. The van der Waals surface area contributed by atoms with E-state index >= 15 is 0 Å². The van der Waals surface area contributed by atoms with Gasteiger partial charge in [0.05, 0.1) is 11.4 Å². The quantitative estimate of drug-likeness (QED) is 0.693. The van der Waals surface area contributed by atoms with Crippen LogP contribution < -0.4 is 5.56 Å². The van der Waals surface area contributed by atoms with Crippen LogP contribution in [0, 0.1) is 6.92 Å². The third-order valence-corrected chi connectivity index (χ3v) is 4.17. The molecule has 0 radical (unpaired) electrons. The van der Waals surface area contributed by atoms with Gasteiger partial charge in [0.15, 0.2) is 0 Å². The number of nitrogens with zero attached hydrogens (tertiary/aromatic N) is 3. The lowest BCUT2D eigenvalue weighted by Crippen LogP contribution is -2.27. The van der Waals surface area contributed by atoms with E-state index in [-0.39, 0.29) is 5.56 Å². The minimum Gasteiger partial charge on any atom is -0.284 e. The number of aryl methyl sites for hydroxylation is 1. The molecule has 2 heterocycles. The molecule has 4 heteroatoms. The van der Waals surface area contributed by atoms with Gasteiger partial charge in [0.2, 0.25) is 0 Å². The van der Waals surface area contributed by atoms with Crippen LogP contribution in [-0.2, 0) is 6.42 Å². The van der Waals surface area contributed by atoms with Crippen molar-refractivity contribution >= 4 is 5.71 Å². The Hall–Kier alpha value is -3.01. The van der Waals surface area contributed by atoms with Crippen molar-refractivity contribution < 1.29 is 0 Å². The van der Waals surface area contributed by atoms with Crippen LogP contribution in [0.1, 0.15) is 22.6 Å². The fourth-order valence-corrected chi connectivity index (χ4v) is 3.15. The summed E-state index contributed by atoms with van der Waals surface area (Å²) in [7, 11) is 0. The Kier molecular flexibility index (Phi) is 3.58. The van der Waals surface area contributed by atoms with E-state index in [1.165, 1.54) is 0 Å². The maximum absolute atomic E-state index is 12.6. The molecule has 0 saturated carbocycles. The van der Waals surface area contributed by atoms with Crippen LogP contribution in [0.4, 0.5) is 0 Å². The summed E-state index contributed by atoms with van der Waals surface area (Å²) < 4.78 is 1.72. The Bertz CT molecular complexity index is 987. The molecule has 1 aromatic heterocycles. The average molecular weight is 315 g/mol. The molecule has 24 heavy (non-hydrogen) atoms. The predicted octanol–water partition coefficient (Wildman–Crippen LogP) is 2.93. The Morgan fingerprint density at radius 3 is 2.58 bits per heavy atom. The first kappa shape index (κ1) is 14.6. The summed E-state index contributed by atoms with van der Waals surface area (Å²) in [4.78, 5) is 22.0. The molecule has 1 aliphatic heterocycles. The van der Waals surface area contributed by atoms with Crippen LogP contribution >= 0.6 is 0 Å². The van der Waals surface area contributed by atoms with Crippen molar-refractivity contribution in [1.82, 2.24) is 9.55 Å². The van der Waals surface area contributed by atoms with Gasteiger partial charge in [0.1, 0.15) is 5.82 Å². The number of aromatic nitrogens is 2. The van der Waals surface area contributed by atoms with Crippen LogP contribution in [0.3, 0.4) is 0 Å². The molecule has 0 fully saturated rings. The van der Waals surface area contributed by atoms with Crippen molar-refractivity contribution in [3.8, 4) is 5.69 Å². The monoisotopic (exact) mass is 315 g/mol. The van der Waals surface area contributed by atoms with Crippen molar-refractivity contribution in [3.05, 3.63) is 93.7 Å². The first-order chi connectivity index (χ1) is 11.7. The molecule has 0 saturated heterocycles. The molecule has 4 nitrogen and oxygen atoms in total. The van der Waals surface area contributed by atoms with Crippen LogP contribution in [0.25, 0.3) is 5.69 Å². The standard InChI is InChI=1S/C20H17N3O/c1-14-13-19(24)23-17-10-6-5-9-16(17)20(15-7-3-2-4-8-15)21-12-11-18(23)22-14/h2-10,13H,11-12H2,1H3/b21-20-. The van der Waals surface area contributed by atoms with Gasteiger partial charge in [-0.1, -0.05) is 48.5 Å². The van der Waals surface area contributed by atoms with Crippen molar-refractivity contribution in [2.24, 2.45) is 4.99 Å². The minimum atomic E-state index is -0.0424. The molecule has 0 spiro atoms. The molecule has 0 bridgehead atoms. The molecule has 0 amide bonds. The highest BCUT2D eigenvalue weighted by Gasteiger charge is 2.18. The van der Waals surface area contributed by atoms with Crippen molar-refractivity contribution in [2.75, 3.05) is 6.54 Å². The zero-order valence-corrected chi connectivity index (χ0v) is 13.4. The molecule has 0 aliphatic carbocycles. The highest BCUT2D eigenvalue weighted by molar-refractivity contribution is 6.15. The van der Waals surface area contributed by atoms with Gasteiger partial charge in [0.25, 0.3) is 5.56 Å².